The number of aryl methyl sites for hydroxylation is 1. The summed E-state index contributed by atoms with van der Waals surface area (Å²) in [6.07, 6.45) is 1.79. The van der Waals surface area contributed by atoms with Gasteiger partial charge in [0.1, 0.15) is 5.60 Å². The summed E-state index contributed by atoms with van der Waals surface area (Å²) in [7, 11) is 3.74. The number of thiazole rings is 1. The van der Waals surface area contributed by atoms with Crippen molar-refractivity contribution in [3.05, 3.63) is 18.0 Å². The van der Waals surface area contributed by atoms with E-state index in [4.69, 9.17) is 4.74 Å². The molecule has 0 saturated heterocycles. The molecule has 2 aromatic heterocycles. The molecule has 2 N–H and O–H groups in total. The monoisotopic (exact) mass is 406 g/mol. The predicted molar refractivity (Wildman–Crippen MR) is 110 cm³/mol. The average molecular weight is 407 g/mol. The Labute approximate surface area is 168 Å². The van der Waals surface area contributed by atoms with Crippen LogP contribution in [0.5, 0.6) is 0 Å². The number of nitrogens with one attached hydrogen (secondary N) is 2. The Kier molecular flexibility index (Phi) is 6.90. The number of amides is 2. The van der Waals surface area contributed by atoms with Crippen molar-refractivity contribution in [2.75, 3.05) is 30.9 Å². The molecule has 0 bridgehead atoms. The number of urea groups is 1. The minimum atomic E-state index is -0.540. The number of hydrogen-bond donors (Lipinski definition) is 2. The molecule has 0 aliphatic carbocycles. The van der Waals surface area contributed by atoms with Gasteiger partial charge in [-0.1, -0.05) is 11.3 Å². The molecular formula is C18H26N6O3S. The van der Waals surface area contributed by atoms with Crippen LogP contribution in [0, 0.1) is 6.92 Å². The maximum absolute atomic E-state index is 12.0. The van der Waals surface area contributed by atoms with E-state index in [1.165, 1.54) is 11.3 Å². The molecule has 2 rings (SSSR count). The Bertz CT molecular complexity index is 844. The van der Waals surface area contributed by atoms with Crippen LogP contribution in [-0.2, 0) is 9.53 Å². The molecule has 0 unspecified atom stereocenters. The molecule has 0 atom stereocenters. The minimum Gasteiger partial charge on any atom is -0.460 e. The number of ether oxygens (including phenoxy) is 1. The van der Waals surface area contributed by atoms with Crippen molar-refractivity contribution in [1.29, 1.82) is 0 Å². The zero-order valence-electron chi connectivity index (χ0n) is 17.0. The quantitative estimate of drug-likeness (QED) is 0.710. The molecule has 0 aliphatic heterocycles. The van der Waals surface area contributed by atoms with Crippen LogP contribution in [0.1, 0.15) is 32.9 Å². The first-order valence-corrected chi connectivity index (χ1v) is 9.61. The van der Waals surface area contributed by atoms with Gasteiger partial charge in [-0.05, 0) is 33.8 Å². The molecule has 10 heteroatoms. The summed E-state index contributed by atoms with van der Waals surface area (Å²) in [6.45, 7) is 7.43. The molecule has 0 aromatic carbocycles. The lowest BCUT2D eigenvalue weighted by Crippen LogP contribution is -2.32. The van der Waals surface area contributed by atoms with Crippen molar-refractivity contribution in [3.8, 4) is 10.6 Å². The number of esters is 1. The van der Waals surface area contributed by atoms with Crippen LogP contribution in [0.4, 0.5) is 15.9 Å². The summed E-state index contributed by atoms with van der Waals surface area (Å²) in [5.41, 5.74) is 0.964. The van der Waals surface area contributed by atoms with Crippen molar-refractivity contribution in [2.45, 2.75) is 39.7 Å². The van der Waals surface area contributed by atoms with Gasteiger partial charge in [0.25, 0.3) is 0 Å². The minimum absolute atomic E-state index is 0.0983. The van der Waals surface area contributed by atoms with Crippen LogP contribution in [0.2, 0.25) is 0 Å². The standard InChI is InChI=1S/C18H26N6O3S/c1-11-14(12-7-9-19-15(22-12)24(5)6)28-17(21-11)23-16(26)20-10-8-13(25)27-18(2,3)4/h7,9H,8,10H2,1-6H3,(H2,20,21,23,26). The van der Waals surface area contributed by atoms with Gasteiger partial charge in [0.05, 0.1) is 22.7 Å². The van der Waals surface area contributed by atoms with Gasteiger partial charge in [-0.2, -0.15) is 0 Å². The van der Waals surface area contributed by atoms with Gasteiger partial charge in [0.15, 0.2) is 5.13 Å². The lowest BCUT2D eigenvalue weighted by molar-refractivity contribution is -0.154. The van der Waals surface area contributed by atoms with Crippen LogP contribution in [0.25, 0.3) is 10.6 Å². The molecule has 0 aliphatic rings. The zero-order valence-corrected chi connectivity index (χ0v) is 17.8. The third-order valence-corrected chi connectivity index (χ3v) is 4.42. The van der Waals surface area contributed by atoms with E-state index in [0.29, 0.717) is 11.1 Å². The first-order valence-electron chi connectivity index (χ1n) is 8.80. The van der Waals surface area contributed by atoms with Crippen LogP contribution in [0.3, 0.4) is 0 Å². The van der Waals surface area contributed by atoms with Crippen molar-refractivity contribution in [3.63, 3.8) is 0 Å². The van der Waals surface area contributed by atoms with Crippen LogP contribution >= 0.6 is 11.3 Å². The van der Waals surface area contributed by atoms with Gasteiger partial charge in [0, 0.05) is 26.8 Å². The SMILES string of the molecule is Cc1nc(NC(=O)NCCC(=O)OC(C)(C)C)sc1-c1ccnc(N(C)C)n1. The molecule has 0 radical (unpaired) electrons. The molecule has 0 saturated carbocycles. The Balaban J connectivity index is 1.93. The van der Waals surface area contributed by atoms with Crippen LogP contribution in [0.15, 0.2) is 12.3 Å². The highest BCUT2D eigenvalue weighted by atomic mass is 32.1. The smallest absolute Gasteiger partial charge is 0.321 e. The highest BCUT2D eigenvalue weighted by Gasteiger charge is 2.17. The number of carbonyl (C=O) groups is 2. The second-order valence-corrected chi connectivity index (χ2v) is 8.29. The van der Waals surface area contributed by atoms with Crippen molar-refractivity contribution >= 4 is 34.4 Å². The number of carbonyl (C=O) groups excluding carboxylic acids is 2. The summed E-state index contributed by atoms with van der Waals surface area (Å²) in [5, 5.41) is 5.76. The molecule has 152 valence electrons. The van der Waals surface area contributed by atoms with E-state index in [2.05, 4.69) is 25.6 Å². The number of nitrogens with zero attached hydrogens (tertiary/aromatic N) is 4. The summed E-state index contributed by atoms with van der Waals surface area (Å²) in [4.78, 5) is 39.4. The van der Waals surface area contributed by atoms with Gasteiger partial charge in [-0.25, -0.2) is 19.7 Å². The number of rotatable bonds is 6. The lowest BCUT2D eigenvalue weighted by Gasteiger charge is -2.19. The molecular weight excluding hydrogens is 380 g/mol. The molecule has 9 nitrogen and oxygen atoms in total. The summed E-state index contributed by atoms with van der Waals surface area (Å²) in [5.74, 6) is 0.236. The normalized spacial score (nSPS) is 11.1. The van der Waals surface area contributed by atoms with E-state index in [1.807, 2.05) is 25.9 Å². The Morgan fingerprint density at radius 1 is 1.25 bits per heavy atom. The fourth-order valence-electron chi connectivity index (χ4n) is 2.19. The van der Waals surface area contributed by atoms with E-state index in [-0.39, 0.29) is 18.9 Å². The van der Waals surface area contributed by atoms with Crippen LogP contribution in [-0.4, -0.2) is 53.2 Å². The second kappa shape index (κ2) is 8.96. The van der Waals surface area contributed by atoms with Gasteiger partial charge in [-0.15, -0.1) is 0 Å². The maximum atomic E-state index is 12.0. The van der Waals surface area contributed by atoms with E-state index in [1.54, 1.807) is 33.0 Å². The van der Waals surface area contributed by atoms with Crippen molar-refractivity contribution in [1.82, 2.24) is 20.3 Å². The van der Waals surface area contributed by atoms with Crippen LogP contribution < -0.4 is 15.5 Å². The van der Waals surface area contributed by atoms with E-state index >= 15 is 0 Å². The highest BCUT2D eigenvalue weighted by molar-refractivity contribution is 7.19. The fourth-order valence-corrected chi connectivity index (χ4v) is 3.12. The molecule has 2 aromatic rings. The highest BCUT2D eigenvalue weighted by Crippen LogP contribution is 2.31. The first kappa shape index (κ1) is 21.5. The van der Waals surface area contributed by atoms with Gasteiger partial charge in [-0.3, -0.25) is 10.1 Å². The molecule has 2 heterocycles. The van der Waals surface area contributed by atoms with Crippen molar-refractivity contribution in [2.24, 2.45) is 0 Å². The number of anilines is 2. The topological polar surface area (TPSA) is 109 Å². The fraction of sp³-hybridized carbons (Fsp3) is 0.500. The average Bonchev–Trinajstić information content (AvgIpc) is 2.93. The zero-order chi connectivity index (χ0) is 20.9. The summed E-state index contributed by atoms with van der Waals surface area (Å²) in [6, 6.07) is 1.37. The van der Waals surface area contributed by atoms with E-state index in [9.17, 15) is 9.59 Å². The Morgan fingerprint density at radius 3 is 2.61 bits per heavy atom. The third-order valence-electron chi connectivity index (χ3n) is 3.33. The maximum Gasteiger partial charge on any atom is 0.321 e. The molecule has 0 spiro atoms. The van der Waals surface area contributed by atoms with Crippen molar-refractivity contribution < 1.29 is 14.3 Å². The van der Waals surface area contributed by atoms with Gasteiger partial charge >= 0.3 is 12.0 Å². The first-order chi connectivity index (χ1) is 13.0. The van der Waals surface area contributed by atoms with E-state index < -0.39 is 11.6 Å². The Hall–Kier alpha value is -2.75. The number of hydrogen-bond acceptors (Lipinski definition) is 8. The Morgan fingerprint density at radius 2 is 1.96 bits per heavy atom. The predicted octanol–water partition coefficient (Wildman–Crippen LogP) is 2.83. The number of aromatic nitrogens is 3. The second-order valence-electron chi connectivity index (χ2n) is 7.29. The molecule has 28 heavy (non-hydrogen) atoms. The van der Waals surface area contributed by atoms with Gasteiger partial charge < -0.3 is 15.0 Å². The third kappa shape index (κ3) is 6.45. The lowest BCUT2D eigenvalue weighted by atomic mass is 10.2. The van der Waals surface area contributed by atoms with Gasteiger partial charge in [0.2, 0.25) is 5.95 Å². The molecule has 0 fully saturated rings. The largest absolute Gasteiger partial charge is 0.460 e. The summed E-state index contributed by atoms with van der Waals surface area (Å²) >= 11 is 1.33. The summed E-state index contributed by atoms with van der Waals surface area (Å²) < 4.78 is 5.20. The van der Waals surface area contributed by atoms with E-state index in [0.717, 1.165) is 16.3 Å². The molecule has 2 amide bonds.